The molecular weight excluding hydrogens is 242 g/mol. The first-order chi connectivity index (χ1) is 9.09. The van der Waals surface area contributed by atoms with Gasteiger partial charge >= 0.3 is 5.97 Å². The smallest absolute Gasteiger partial charge is 0.305 e. The van der Waals surface area contributed by atoms with Crippen molar-refractivity contribution in [2.45, 2.75) is 51.9 Å². The molecule has 0 bridgehead atoms. The standard InChI is InChI=1S/C15H29NO3/c1-15(13-17)9-7-11-16(12-15)10-6-4-3-5-8-14(18)19-2/h17H,3-13H2,1-2H3. The van der Waals surface area contributed by atoms with E-state index in [9.17, 15) is 9.90 Å². The molecule has 0 saturated carbocycles. The number of carbonyl (C=O) groups is 1. The molecule has 0 radical (unpaired) electrons. The SMILES string of the molecule is COC(=O)CCCCCCN1CCCC(C)(CO)C1. The highest BCUT2D eigenvalue weighted by molar-refractivity contribution is 5.68. The van der Waals surface area contributed by atoms with Crippen molar-refractivity contribution < 1.29 is 14.6 Å². The van der Waals surface area contributed by atoms with Crippen molar-refractivity contribution in [3.8, 4) is 0 Å². The monoisotopic (exact) mass is 271 g/mol. The number of methoxy groups -OCH3 is 1. The third-order valence-corrected chi connectivity index (χ3v) is 4.07. The van der Waals surface area contributed by atoms with Crippen LogP contribution in [0.5, 0.6) is 0 Å². The van der Waals surface area contributed by atoms with E-state index in [1.54, 1.807) is 0 Å². The number of unbranched alkanes of at least 4 members (excludes halogenated alkanes) is 3. The first-order valence-corrected chi connectivity index (χ1v) is 7.50. The normalized spacial score (nSPS) is 24.4. The molecule has 0 aromatic rings. The maximum absolute atomic E-state index is 10.9. The second kappa shape index (κ2) is 8.54. The van der Waals surface area contributed by atoms with Crippen LogP contribution in [0.3, 0.4) is 0 Å². The minimum atomic E-state index is -0.102. The summed E-state index contributed by atoms with van der Waals surface area (Å²) in [7, 11) is 1.44. The Bertz CT molecular complexity index is 270. The van der Waals surface area contributed by atoms with Crippen molar-refractivity contribution >= 4 is 5.97 Å². The predicted octanol–water partition coefficient (Wildman–Crippen LogP) is 2.20. The molecule has 1 atom stereocenters. The van der Waals surface area contributed by atoms with Gasteiger partial charge in [0.25, 0.3) is 0 Å². The largest absolute Gasteiger partial charge is 0.469 e. The van der Waals surface area contributed by atoms with Gasteiger partial charge in [0.15, 0.2) is 0 Å². The van der Waals surface area contributed by atoms with Crippen LogP contribution in [0.25, 0.3) is 0 Å². The molecule has 0 aromatic carbocycles. The number of likely N-dealkylation sites (tertiary alicyclic amines) is 1. The maximum Gasteiger partial charge on any atom is 0.305 e. The highest BCUT2D eigenvalue weighted by Gasteiger charge is 2.29. The summed E-state index contributed by atoms with van der Waals surface area (Å²) in [6.07, 6.45) is 7.26. The molecule has 4 heteroatoms. The van der Waals surface area contributed by atoms with Gasteiger partial charge in [-0.2, -0.15) is 0 Å². The van der Waals surface area contributed by atoms with Crippen LogP contribution in [-0.4, -0.2) is 49.3 Å². The molecule has 1 fully saturated rings. The number of aliphatic hydroxyl groups is 1. The summed E-state index contributed by atoms with van der Waals surface area (Å²) in [6, 6.07) is 0. The van der Waals surface area contributed by atoms with Gasteiger partial charge in [0.05, 0.1) is 7.11 Å². The fourth-order valence-electron chi connectivity index (χ4n) is 2.81. The molecule has 1 unspecified atom stereocenters. The lowest BCUT2D eigenvalue weighted by Crippen LogP contribution is -2.43. The van der Waals surface area contributed by atoms with Gasteiger partial charge in [-0.15, -0.1) is 0 Å². The number of rotatable bonds is 8. The van der Waals surface area contributed by atoms with E-state index < -0.39 is 0 Å². The number of piperidine rings is 1. The molecule has 1 N–H and O–H groups in total. The third kappa shape index (κ3) is 6.39. The number of hydrogen-bond donors (Lipinski definition) is 1. The minimum Gasteiger partial charge on any atom is -0.469 e. The van der Waals surface area contributed by atoms with Gasteiger partial charge < -0.3 is 14.7 Å². The summed E-state index contributed by atoms with van der Waals surface area (Å²) in [5, 5.41) is 9.41. The highest BCUT2D eigenvalue weighted by atomic mass is 16.5. The van der Waals surface area contributed by atoms with Gasteiger partial charge in [0, 0.05) is 25.0 Å². The number of ether oxygens (including phenoxy) is 1. The molecule has 1 aliphatic heterocycles. The van der Waals surface area contributed by atoms with Crippen molar-refractivity contribution in [3.05, 3.63) is 0 Å². The molecule has 0 amide bonds. The Hall–Kier alpha value is -0.610. The zero-order valence-corrected chi connectivity index (χ0v) is 12.5. The zero-order valence-electron chi connectivity index (χ0n) is 12.5. The van der Waals surface area contributed by atoms with E-state index in [1.165, 1.54) is 26.4 Å². The minimum absolute atomic E-state index is 0.100. The molecule has 0 aliphatic carbocycles. The van der Waals surface area contributed by atoms with Crippen molar-refractivity contribution in [2.75, 3.05) is 33.4 Å². The van der Waals surface area contributed by atoms with Gasteiger partial charge in [-0.05, 0) is 38.8 Å². The molecule has 112 valence electrons. The van der Waals surface area contributed by atoms with Crippen molar-refractivity contribution in [3.63, 3.8) is 0 Å². The van der Waals surface area contributed by atoms with Gasteiger partial charge in [-0.3, -0.25) is 4.79 Å². The number of hydrogen-bond acceptors (Lipinski definition) is 4. The van der Waals surface area contributed by atoms with E-state index in [2.05, 4.69) is 16.6 Å². The third-order valence-electron chi connectivity index (χ3n) is 4.07. The Morgan fingerprint density at radius 3 is 2.74 bits per heavy atom. The summed E-state index contributed by atoms with van der Waals surface area (Å²) in [5.74, 6) is -0.102. The number of nitrogens with zero attached hydrogens (tertiary/aromatic N) is 1. The Balaban J connectivity index is 2.05. The van der Waals surface area contributed by atoms with Crippen LogP contribution in [0.1, 0.15) is 51.9 Å². The van der Waals surface area contributed by atoms with Crippen LogP contribution in [0.4, 0.5) is 0 Å². The van der Waals surface area contributed by atoms with Gasteiger partial charge in [0.1, 0.15) is 0 Å². The number of aliphatic hydroxyl groups excluding tert-OH is 1. The van der Waals surface area contributed by atoms with Crippen LogP contribution in [0, 0.1) is 5.41 Å². The Labute approximate surface area is 117 Å². The molecule has 19 heavy (non-hydrogen) atoms. The molecule has 0 aromatic heterocycles. The molecule has 0 spiro atoms. The lowest BCUT2D eigenvalue weighted by Gasteiger charge is -2.39. The summed E-state index contributed by atoms with van der Waals surface area (Å²) in [6.45, 7) is 5.77. The van der Waals surface area contributed by atoms with Crippen molar-refractivity contribution in [2.24, 2.45) is 5.41 Å². The average molecular weight is 271 g/mol. The van der Waals surface area contributed by atoms with Crippen LogP contribution < -0.4 is 0 Å². The van der Waals surface area contributed by atoms with Gasteiger partial charge in [-0.1, -0.05) is 19.8 Å². The van der Waals surface area contributed by atoms with Crippen LogP contribution in [0.2, 0.25) is 0 Å². The summed E-state index contributed by atoms with van der Waals surface area (Å²) < 4.78 is 4.62. The topological polar surface area (TPSA) is 49.8 Å². The fraction of sp³-hybridized carbons (Fsp3) is 0.933. The Kier molecular flexibility index (Phi) is 7.39. The first kappa shape index (κ1) is 16.4. The maximum atomic E-state index is 10.9. The fourth-order valence-corrected chi connectivity index (χ4v) is 2.81. The quantitative estimate of drug-likeness (QED) is 0.543. The van der Waals surface area contributed by atoms with E-state index >= 15 is 0 Å². The molecule has 1 aliphatic rings. The van der Waals surface area contributed by atoms with Crippen LogP contribution >= 0.6 is 0 Å². The van der Waals surface area contributed by atoms with E-state index in [0.29, 0.717) is 13.0 Å². The number of esters is 1. The van der Waals surface area contributed by atoms with Gasteiger partial charge in [0.2, 0.25) is 0 Å². The molecule has 1 saturated heterocycles. The lowest BCUT2D eigenvalue weighted by atomic mass is 9.83. The molecule has 4 nitrogen and oxygen atoms in total. The molecule has 1 rings (SSSR count). The van der Waals surface area contributed by atoms with Crippen molar-refractivity contribution in [1.29, 1.82) is 0 Å². The zero-order chi connectivity index (χ0) is 14.1. The van der Waals surface area contributed by atoms with Crippen LogP contribution in [0.15, 0.2) is 0 Å². The lowest BCUT2D eigenvalue weighted by molar-refractivity contribution is -0.140. The molecular formula is C15H29NO3. The Morgan fingerprint density at radius 2 is 2.05 bits per heavy atom. The summed E-state index contributed by atoms with van der Waals surface area (Å²) in [4.78, 5) is 13.4. The van der Waals surface area contributed by atoms with E-state index in [0.717, 1.165) is 38.9 Å². The average Bonchev–Trinajstić information content (AvgIpc) is 2.42. The summed E-state index contributed by atoms with van der Waals surface area (Å²) >= 11 is 0. The summed E-state index contributed by atoms with van der Waals surface area (Å²) in [5.41, 5.74) is 0.100. The molecule has 1 heterocycles. The second-order valence-corrected chi connectivity index (χ2v) is 6.09. The van der Waals surface area contributed by atoms with Gasteiger partial charge in [-0.25, -0.2) is 0 Å². The highest BCUT2D eigenvalue weighted by Crippen LogP contribution is 2.28. The van der Waals surface area contributed by atoms with E-state index in [4.69, 9.17) is 0 Å². The second-order valence-electron chi connectivity index (χ2n) is 6.09. The Morgan fingerprint density at radius 1 is 1.32 bits per heavy atom. The van der Waals surface area contributed by atoms with Crippen LogP contribution in [-0.2, 0) is 9.53 Å². The first-order valence-electron chi connectivity index (χ1n) is 7.50. The van der Waals surface area contributed by atoms with E-state index in [1.807, 2.05) is 0 Å². The van der Waals surface area contributed by atoms with Crippen molar-refractivity contribution in [1.82, 2.24) is 4.90 Å². The number of carbonyl (C=O) groups excluding carboxylic acids is 1. The predicted molar refractivity (Wildman–Crippen MR) is 76.0 cm³/mol. The van der Waals surface area contributed by atoms with E-state index in [-0.39, 0.29) is 11.4 Å².